The molecule has 0 unspecified atom stereocenters. The van der Waals surface area contributed by atoms with Gasteiger partial charge in [-0.25, -0.2) is 4.68 Å². The zero-order chi connectivity index (χ0) is 26.3. The van der Waals surface area contributed by atoms with Gasteiger partial charge in [0.2, 0.25) is 5.88 Å². The number of benzene rings is 2. The third-order valence-corrected chi connectivity index (χ3v) is 5.58. The number of aliphatic hydroxyl groups excluding tert-OH is 1. The van der Waals surface area contributed by atoms with Crippen molar-refractivity contribution in [2.24, 2.45) is 5.92 Å². The molecule has 0 aliphatic carbocycles. The zero-order valence-corrected chi connectivity index (χ0v) is 22.7. The fraction of sp³-hybridized carbons (Fsp3) is 0.483. The first-order valence-corrected chi connectivity index (χ1v) is 12.6. The average molecular weight is 496 g/mol. The number of hydrogen-bond donors (Lipinski definition) is 1. The highest BCUT2D eigenvalue weighted by Crippen LogP contribution is 2.33. The molecule has 2 aromatic carbocycles. The van der Waals surface area contributed by atoms with Crippen LogP contribution in [0.2, 0.25) is 0 Å². The zero-order valence-electron chi connectivity index (χ0n) is 22.7. The van der Waals surface area contributed by atoms with Crippen LogP contribution in [0.25, 0.3) is 5.69 Å². The Kier molecular flexibility index (Phi) is 9.54. The maximum atomic E-state index is 10.8. The van der Waals surface area contributed by atoms with E-state index in [0.717, 1.165) is 29.2 Å². The van der Waals surface area contributed by atoms with Crippen molar-refractivity contribution < 1.29 is 19.3 Å². The molecule has 1 heterocycles. The van der Waals surface area contributed by atoms with Gasteiger partial charge in [-0.2, -0.15) is 5.10 Å². The Morgan fingerprint density at radius 1 is 1.00 bits per heavy atom. The summed E-state index contributed by atoms with van der Waals surface area (Å²) in [6, 6.07) is 17.5. The molecule has 0 bridgehead atoms. The van der Waals surface area contributed by atoms with Crippen molar-refractivity contribution in [3.05, 3.63) is 65.9 Å². The summed E-state index contributed by atoms with van der Waals surface area (Å²) < 4.78 is 19.5. The summed E-state index contributed by atoms with van der Waals surface area (Å²) in [6.07, 6.45) is -0.602. The number of ether oxygens (including phenoxy) is 3. The maximum Gasteiger partial charge on any atom is 0.227 e. The van der Waals surface area contributed by atoms with Crippen molar-refractivity contribution in [1.82, 2.24) is 14.7 Å². The molecule has 0 radical (unpaired) electrons. The van der Waals surface area contributed by atoms with Gasteiger partial charge in [-0.05, 0) is 57.9 Å². The maximum absolute atomic E-state index is 10.8. The van der Waals surface area contributed by atoms with Gasteiger partial charge in [0, 0.05) is 25.7 Å². The van der Waals surface area contributed by atoms with Crippen LogP contribution < -0.4 is 9.47 Å². The first-order chi connectivity index (χ1) is 17.1. The molecule has 1 aromatic heterocycles. The quantitative estimate of drug-likeness (QED) is 0.352. The molecule has 3 aromatic rings. The highest BCUT2D eigenvalue weighted by molar-refractivity contribution is 5.44. The van der Waals surface area contributed by atoms with Gasteiger partial charge in [0.15, 0.2) is 0 Å². The lowest BCUT2D eigenvalue weighted by atomic mass is 10.1. The van der Waals surface area contributed by atoms with Crippen LogP contribution in [0.1, 0.15) is 45.9 Å². The van der Waals surface area contributed by atoms with Gasteiger partial charge in [-0.1, -0.05) is 38.1 Å². The van der Waals surface area contributed by atoms with E-state index in [0.29, 0.717) is 30.6 Å². The lowest BCUT2D eigenvalue weighted by molar-refractivity contribution is -0.0573. The molecular weight excluding hydrogens is 454 g/mol. The summed E-state index contributed by atoms with van der Waals surface area (Å²) >= 11 is 0. The Labute approximate surface area is 215 Å². The fourth-order valence-corrected chi connectivity index (χ4v) is 3.99. The van der Waals surface area contributed by atoms with Crippen LogP contribution in [0.4, 0.5) is 0 Å². The number of hydrogen-bond acceptors (Lipinski definition) is 6. The number of nitrogens with zero attached hydrogens (tertiary/aromatic N) is 3. The van der Waals surface area contributed by atoms with Gasteiger partial charge in [-0.3, -0.25) is 4.90 Å². The van der Waals surface area contributed by atoms with Crippen molar-refractivity contribution in [3.8, 4) is 23.1 Å². The second-order valence-corrected chi connectivity index (χ2v) is 10.6. The predicted octanol–water partition coefficient (Wildman–Crippen LogP) is 5.62. The van der Waals surface area contributed by atoms with Crippen LogP contribution >= 0.6 is 0 Å². The van der Waals surface area contributed by atoms with Gasteiger partial charge < -0.3 is 19.3 Å². The molecule has 0 aliphatic rings. The summed E-state index contributed by atoms with van der Waals surface area (Å²) in [4.78, 5) is 2.25. The fourth-order valence-electron chi connectivity index (χ4n) is 3.99. The van der Waals surface area contributed by atoms with Crippen molar-refractivity contribution in [3.63, 3.8) is 0 Å². The monoisotopic (exact) mass is 495 g/mol. The summed E-state index contributed by atoms with van der Waals surface area (Å²) in [5.41, 5.74) is 2.48. The molecule has 0 fully saturated rings. The van der Waals surface area contributed by atoms with E-state index in [2.05, 4.69) is 18.7 Å². The lowest BCUT2D eigenvalue weighted by Crippen LogP contribution is -2.38. The Morgan fingerprint density at radius 3 is 2.33 bits per heavy atom. The van der Waals surface area contributed by atoms with Crippen LogP contribution in [0.3, 0.4) is 0 Å². The normalized spacial score (nSPS) is 12.8. The molecular formula is C29H41N3O4. The summed E-state index contributed by atoms with van der Waals surface area (Å²) in [7, 11) is 1.64. The molecule has 1 atom stereocenters. The SMILES string of the molecule is COc1cccc(Oc2c(CN(CC(C)C)C[C@@H](O)COC(C)(C)C)c(C)nn2-c2ccccc2)c1. The second kappa shape index (κ2) is 12.4. The molecule has 0 amide bonds. The number of aromatic nitrogens is 2. The van der Waals surface area contributed by atoms with E-state index in [1.54, 1.807) is 7.11 Å². The van der Waals surface area contributed by atoms with E-state index in [1.165, 1.54) is 0 Å². The summed E-state index contributed by atoms with van der Waals surface area (Å²) in [5, 5.41) is 15.6. The number of methoxy groups -OCH3 is 1. The minimum absolute atomic E-state index is 0.285. The van der Waals surface area contributed by atoms with Crippen molar-refractivity contribution in [1.29, 1.82) is 0 Å². The number of rotatable bonds is 12. The molecule has 3 rings (SSSR count). The summed E-state index contributed by atoms with van der Waals surface area (Å²) in [6.45, 7) is 14.5. The van der Waals surface area contributed by atoms with Crippen LogP contribution in [0.5, 0.6) is 17.4 Å². The van der Waals surface area contributed by atoms with E-state index in [9.17, 15) is 5.11 Å². The smallest absolute Gasteiger partial charge is 0.227 e. The van der Waals surface area contributed by atoms with Gasteiger partial charge in [0.25, 0.3) is 0 Å². The minimum Gasteiger partial charge on any atom is -0.497 e. The van der Waals surface area contributed by atoms with E-state index >= 15 is 0 Å². The lowest BCUT2D eigenvalue weighted by Gasteiger charge is -2.28. The van der Waals surface area contributed by atoms with Gasteiger partial charge in [0.1, 0.15) is 11.5 Å². The molecule has 7 heteroatoms. The Bertz CT molecular complexity index is 1090. The molecule has 0 saturated carbocycles. The predicted molar refractivity (Wildman–Crippen MR) is 143 cm³/mol. The molecule has 1 N–H and O–H groups in total. The highest BCUT2D eigenvalue weighted by Gasteiger charge is 2.24. The van der Waals surface area contributed by atoms with E-state index < -0.39 is 6.10 Å². The molecule has 0 aliphatic heterocycles. The highest BCUT2D eigenvalue weighted by atomic mass is 16.5. The standard InChI is InChI=1S/C29H41N3O4/c1-21(2)17-31(18-24(33)20-35-29(4,5)6)19-27-22(3)30-32(23-12-9-8-10-13-23)28(27)36-26-15-11-14-25(16-26)34-7/h8-16,21,24,33H,17-20H2,1-7H3/t24-/m1/s1. The molecule has 196 valence electrons. The topological polar surface area (TPSA) is 69.0 Å². The first-order valence-electron chi connectivity index (χ1n) is 12.6. The molecule has 7 nitrogen and oxygen atoms in total. The Hall–Kier alpha value is -2.87. The van der Waals surface area contributed by atoms with Gasteiger partial charge in [0.05, 0.1) is 42.4 Å². The van der Waals surface area contributed by atoms with Crippen LogP contribution in [-0.2, 0) is 11.3 Å². The second-order valence-electron chi connectivity index (χ2n) is 10.6. The Morgan fingerprint density at radius 2 is 1.69 bits per heavy atom. The van der Waals surface area contributed by atoms with Crippen LogP contribution in [-0.4, -0.2) is 58.3 Å². The van der Waals surface area contributed by atoms with E-state index in [4.69, 9.17) is 19.3 Å². The van der Waals surface area contributed by atoms with Crippen LogP contribution in [0.15, 0.2) is 54.6 Å². The van der Waals surface area contributed by atoms with Crippen molar-refractivity contribution in [2.75, 3.05) is 26.8 Å². The third-order valence-electron chi connectivity index (χ3n) is 5.58. The third kappa shape index (κ3) is 8.08. The largest absolute Gasteiger partial charge is 0.497 e. The summed E-state index contributed by atoms with van der Waals surface area (Å²) in [5.74, 6) is 2.47. The minimum atomic E-state index is -0.602. The molecule has 0 saturated heterocycles. The number of aliphatic hydroxyl groups is 1. The molecule has 0 spiro atoms. The number of aryl methyl sites for hydroxylation is 1. The van der Waals surface area contributed by atoms with Crippen LogP contribution in [0, 0.1) is 12.8 Å². The van der Waals surface area contributed by atoms with Crippen molar-refractivity contribution >= 4 is 0 Å². The van der Waals surface area contributed by atoms with Crippen molar-refractivity contribution in [2.45, 2.75) is 59.8 Å². The van der Waals surface area contributed by atoms with E-state index in [-0.39, 0.29) is 12.2 Å². The average Bonchev–Trinajstić information content (AvgIpc) is 3.12. The van der Waals surface area contributed by atoms with E-state index in [1.807, 2.05) is 87.0 Å². The Balaban J connectivity index is 1.94. The van der Waals surface area contributed by atoms with Gasteiger partial charge >= 0.3 is 0 Å². The first kappa shape index (κ1) is 27.7. The van der Waals surface area contributed by atoms with Gasteiger partial charge in [-0.15, -0.1) is 0 Å². The molecule has 36 heavy (non-hydrogen) atoms. The number of para-hydroxylation sites is 1.